The number of hydrogen-bond acceptors (Lipinski definition) is 5. The van der Waals surface area contributed by atoms with Crippen molar-refractivity contribution in [2.24, 2.45) is 5.92 Å². The first-order valence-electron chi connectivity index (χ1n) is 6.67. The Morgan fingerprint density at radius 3 is 2.95 bits per heavy atom. The van der Waals surface area contributed by atoms with E-state index in [1.165, 1.54) is 0 Å². The summed E-state index contributed by atoms with van der Waals surface area (Å²) in [6.07, 6.45) is 3.14. The quantitative estimate of drug-likeness (QED) is 0.475. The topological polar surface area (TPSA) is 118 Å². The van der Waals surface area contributed by atoms with Gasteiger partial charge in [0.2, 0.25) is 5.91 Å². The molecule has 3 N–H and O–H groups in total. The molecule has 1 aliphatic carbocycles. The fraction of sp³-hybridized carbons (Fsp3) is 0.615. The molecule has 21 heavy (non-hydrogen) atoms. The molecule has 1 aromatic rings. The number of carboxylic acids is 1. The van der Waals surface area contributed by atoms with Crippen molar-refractivity contribution in [2.75, 3.05) is 6.61 Å². The minimum Gasteiger partial charge on any atom is -0.548 e. The van der Waals surface area contributed by atoms with Crippen molar-refractivity contribution >= 4 is 11.9 Å². The van der Waals surface area contributed by atoms with Crippen LogP contribution in [0.5, 0.6) is 0 Å². The molecule has 0 saturated heterocycles. The molecule has 1 aliphatic rings. The number of carboxylic acid groups (broad SMARTS) is 1. The number of rotatable bonds is 5. The molecule has 1 amide bonds. The SMILES string of the molecule is CC1Cc2cn[nH]c2C(C(=O)N[C@@H](CCO)C(=O)[O-])C1.[K+]. The second-order valence-corrected chi connectivity index (χ2v) is 5.30. The second-order valence-electron chi connectivity index (χ2n) is 5.30. The van der Waals surface area contributed by atoms with Crippen LogP contribution in [0, 0.1) is 5.92 Å². The molecule has 2 rings (SSSR count). The number of aromatic amines is 1. The van der Waals surface area contributed by atoms with E-state index in [1.54, 1.807) is 6.20 Å². The first-order chi connectivity index (χ1) is 9.52. The minimum atomic E-state index is -1.39. The number of hydrogen-bond donors (Lipinski definition) is 3. The van der Waals surface area contributed by atoms with E-state index in [2.05, 4.69) is 15.5 Å². The van der Waals surface area contributed by atoms with E-state index in [9.17, 15) is 14.7 Å². The Hall–Kier alpha value is -0.254. The zero-order valence-electron chi connectivity index (χ0n) is 12.3. The van der Waals surface area contributed by atoms with Gasteiger partial charge in [0.25, 0.3) is 0 Å². The average Bonchev–Trinajstić information content (AvgIpc) is 2.84. The smallest absolute Gasteiger partial charge is 0.548 e. The van der Waals surface area contributed by atoms with Crippen LogP contribution in [0.25, 0.3) is 0 Å². The number of nitrogens with one attached hydrogen (secondary N) is 2. The summed E-state index contributed by atoms with van der Waals surface area (Å²) in [5, 5.41) is 28.9. The zero-order valence-corrected chi connectivity index (χ0v) is 15.4. The predicted octanol–water partition coefficient (Wildman–Crippen LogP) is -4.30. The molecule has 0 radical (unpaired) electrons. The molecule has 0 bridgehead atoms. The molecular weight excluding hydrogens is 301 g/mol. The summed E-state index contributed by atoms with van der Waals surface area (Å²) in [6.45, 7) is 1.72. The number of aliphatic hydroxyl groups is 1. The molecule has 7 nitrogen and oxygen atoms in total. The molecule has 1 aromatic heterocycles. The summed E-state index contributed by atoms with van der Waals surface area (Å²) in [5.41, 5.74) is 1.75. The number of aliphatic carboxylic acids is 1. The van der Waals surface area contributed by atoms with E-state index in [-0.39, 0.29) is 70.3 Å². The van der Waals surface area contributed by atoms with E-state index < -0.39 is 17.9 Å². The summed E-state index contributed by atoms with van der Waals surface area (Å²) in [7, 11) is 0. The van der Waals surface area contributed by atoms with Crippen molar-refractivity contribution in [3.05, 3.63) is 17.5 Å². The molecule has 0 aliphatic heterocycles. The maximum atomic E-state index is 12.3. The van der Waals surface area contributed by atoms with Gasteiger partial charge < -0.3 is 20.3 Å². The molecule has 3 atom stereocenters. The summed E-state index contributed by atoms with van der Waals surface area (Å²) in [5.74, 6) is -1.86. The number of fused-ring (bicyclic) bond motifs is 1. The number of carbonyl (C=O) groups is 2. The summed E-state index contributed by atoms with van der Waals surface area (Å²) >= 11 is 0. The van der Waals surface area contributed by atoms with Crippen LogP contribution < -0.4 is 61.8 Å². The van der Waals surface area contributed by atoms with E-state index in [0.29, 0.717) is 12.3 Å². The van der Waals surface area contributed by atoms with Crippen LogP contribution in [0.15, 0.2) is 6.20 Å². The van der Waals surface area contributed by atoms with Gasteiger partial charge in [-0.1, -0.05) is 6.92 Å². The van der Waals surface area contributed by atoms with E-state index in [1.807, 2.05) is 6.92 Å². The Kier molecular flexibility index (Phi) is 7.52. The van der Waals surface area contributed by atoms with Crippen LogP contribution in [0.2, 0.25) is 0 Å². The van der Waals surface area contributed by atoms with E-state index in [4.69, 9.17) is 5.11 Å². The van der Waals surface area contributed by atoms with Crippen LogP contribution in [0.4, 0.5) is 0 Å². The number of carbonyl (C=O) groups excluding carboxylic acids is 2. The van der Waals surface area contributed by atoms with Gasteiger partial charge in [-0.2, -0.15) is 5.10 Å². The van der Waals surface area contributed by atoms with Crippen molar-refractivity contribution in [3.63, 3.8) is 0 Å². The maximum absolute atomic E-state index is 12.3. The monoisotopic (exact) mass is 319 g/mol. The molecular formula is C13H18KN3O4. The Morgan fingerprint density at radius 1 is 1.62 bits per heavy atom. The van der Waals surface area contributed by atoms with E-state index in [0.717, 1.165) is 17.7 Å². The van der Waals surface area contributed by atoms with Crippen molar-refractivity contribution < 1.29 is 71.2 Å². The fourth-order valence-corrected chi connectivity index (χ4v) is 2.65. The Balaban J connectivity index is 0.00000220. The van der Waals surface area contributed by atoms with E-state index >= 15 is 0 Å². The summed E-state index contributed by atoms with van der Waals surface area (Å²) < 4.78 is 0. The van der Waals surface area contributed by atoms with Crippen LogP contribution in [0.3, 0.4) is 0 Å². The van der Waals surface area contributed by atoms with Crippen molar-refractivity contribution in [2.45, 2.75) is 38.1 Å². The van der Waals surface area contributed by atoms with Crippen LogP contribution in [-0.4, -0.2) is 39.8 Å². The van der Waals surface area contributed by atoms with Gasteiger partial charge >= 0.3 is 51.4 Å². The third-order valence-electron chi connectivity index (χ3n) is 3.64. The molecule has 1 heterocycles. The number of amides is 1. The minimum absolute atomic E-state index is 0. The van der Waals surface area contributed by atoms with Crippen LogP contribution in [-0.2, 0) is 16.0 Å². The van der Waals surface area contributed by atoms with Gasteiger partial charge in [0.05, 0.1) is 29.8 Å². The second kappa shape index (κ2) is 8.40. The van der Waals surface area contributed by atoms with Gasteiger partial charge in [0.15, 0.2) is 0 Å². The van der Waals surface area contributed by atoms with Crippen molar-refractivity contribution in [3.8, 4) is 0 Å². The van der Waals surface area contributed by atoms with Gasteiger partial charge in [0, 0.05) is 6.61 Å². The molecule has 8 heteroatoms. The van der Waals surface area contributed by atoms with Crippen molar-refractivity contribution in [1.29, 1.82) is 0 Å². The van der Waals surface area contributed by atoms with Gasteiger partial charge in [0.1, 0.15) is 0 Å². The number of nitrogens with zero attached hydrogens (tertiary/aromatic N) is 1. The fourth-order valence-electron chi connectivity index (χ4n) is 2.65. The zero-order chi connectivity index (χ0) is 14.7. The molecule has 0 aromatic carbocycles. The molecule has 2 unspecified atom stereocenters. The summed E-state index contributed by atoms with van der Waals surface area (Å²) in [6, 6.07) is -1.17. The largest absolute Gasteiger partial charge is 1.00 e. The van der Waals surface area contributed by atoms with Gasteiger partial charge in [-0.05, 0) is 30.7 Å². The molecule has 110 valence electrons. The third kappa shape index (κ3) is 4.61. The Bertz CT molecular complexity index is 505. The summed E-state index contributed by atoms with van der Waals surface area (Å²) in [4.78, 5) is 23.2. The Morgan fingerprint density at radius 2 is 2.33 bits per heavy atom. The van der Waals surface area contributed by atoms with Gasteiger partial charge in [-0.3, -0.25) is 9.89 Å². The molecule has 0 spiro atoms. The first kappa shape index (κ1) is 18.8. The van der Waals surface area contributed by atoms with Gasteiger partial charge in [-0.15, -0.1) is 0 Å². The number of H-pyrrole nitrogens is 1. The van der Waals surface area contributed by atoms with Crippen LogP contribution in [0.1, 0.15) is 36.9 Å². The normalized spacial score (nSPS) is 21.8. The van der Waals surface area contributed by atoms with Gasteiger partial charge in [-0.25, -0.2) is 0 Å². The number of aromatic nitrogens is 2. The van der Waals surface area contributed by atoms with Crippen molar-refractivity contribution in [1.82, 2.24) is 15.5 Å². The van der Waals surface area contributed by atoms with Crippen LogP contribution >= 0.6 is 0 Å². The molecule has 0 saturated carbocycles. The maximum Gasteiger partial charge on any atom is 1.00 e. The first-order valence-corrected chi connectivity index (χ1v) is 6.67. The third-order valence-corrected chi connectivity index (χ3v) is 3.64. The predicted molar refractivity (Wildman–Crippen MR) is 67.5 cm³/mol. The number of aliphatic hydroxyl groups excluding tert-OH is 1. The average molecular weight is 319 g/mol. The Labute approximate surface area is 165 Å². The molecule has 0 fully saturated rings. The standard InChI is InChI=1S/C13H19N3O4.K/c1-7-4-8-6-14-16-11(8)9(5-7)12(18)15-10(2-3-17)13(19)20;/h6-7,9-10,17H,2-5H2,1H3,(H,14,16)(H,15,18)(H,19,20);/q;+1/p-1/t7?,9?,10-;/m0./s1.